The van der Waals surface area contributed by atoms with E-state index < -0.39 is 0 Å². The molecule has 3 rings (SSSR count). The minimum Gasteiger partial charge on any atom is -0.489 e. The van der Waals surface area contributed by atoms with Gasteiger partial charge in [-0.05, 0) is 35.7 Å². The molecule has 0 bridgehead atoms. The Bertz CT molecular complexity index is 723. The van der Waals surface area contributed by atoms with Crippen LogP contribution < -0.4 is 10.1 Å². The zero-order chi connectivity index (χ0) is 16.6. The number of hydrogen-bond acceptors (Lipinski definition) is 2. The van der Waals surface area contributed by atoms with Crippen LogP contribution in [0.2, 0.25) is 0 Å². The Hall–Kier alpha value is -2.58. The van der Waals surface area contributed by atoms with E-state index in [2.05, 4.69) is 60.8 Å². The van der Waals surface area contributed by atoms with Crippen molar-refractivity contribution in [2.75, 3.05) is 0 Å². The highest BCUT2D eigenvalue weighted by Crippen LogP contribution is 2.19. The van der Waals surface area contributed by atoms with Crippen LogP contribution in [-0.2, 0) is 13.2 Å². The molecule has 0 fully saturated rings. The van der Waals surface area contributed by atoms with Gasteiger partial charge in [0.25, 0.3) is 0 Å². The number of rotatable bonds is 7. The van der Waals surface area contributed by atoms with Gasteiger partial charge in [0.2, 0.25) is 0 Å². The average Bonchev–Trinajstić information content (AvgIpc) is 2.66. The fourth-order valence-corrected chi connectivity index (χ4v) is 2.58. The fraction of sp³-hybridized carbons (Fsp3) is 0.182. The summed E-state index contributed by atoms with van der Waals surface area (Å²) in [4.78, 5) is 0. The molecule has 0 aliphatic carbocycles. The molecule has 1 atom stereocenters. The summed E-state index contributed by atoms with van der Waals surface area (Å²) < 4.78 is 5.84. The molecule has 0 amide bonds. The van der Waals surface area contributed by atoms with E-state index in [9.17, 15) is 0 Å². The van der Waals surface area contributed by atoms with Crippen molar-refractivity contribution >= 4 is 0 Å². The van der Waals surface area contributed by atoms with Crippen LogP contribution in [0, 0.1) is 0 Å². The highest BCUT2D eigenvalue weighted by Gasteiger charge is 2.05. The molecule has 0 saturated carbocycles. The first-order valence-electron chi connectivity index (χ1n) is 8.35. The summed E-state index contributed by atoms with van der Waals surface area (Å²) in [6.07, 6.45) is 0. The summed E-state index contributed by atoms with van der Waals surface area (Å²) in [5.74, 6) is 0.901. The Balaban J connectivity index is 1.52. The Labute approximate surface area is 144 Å². The van der Waals surface area contributed by atoms with Gasteiger partial charge in [-0.25, -0.2) is 0 Å². The van der Waals surface area contributed by atoms with Gasteiger partial charge in [-0.2, -0.15) is 0 Å². The van der Waals surface area contributed by atoms with Gasteiger partial charge in [0, 0.05) is 12.6 Å². The van der Waals surface area contributed by atoms with Gasteiger partial charge in [-0.15, -0.1) is 0 Å². The predicted octanol–water partition coefficient (Wildman–Crippen LogP) is 5.12. The van der Waals surface area contributed by atoms with E-state index in [-0.39, 0.29) is 0 Å². The zero-order valence-electron chi connectivity index (χ0n) is 14.0. The maximum atomic E-state index is 5.84. The second kappa shape index (κ2) is 8.32. The van der Waals surface area contributed by atoms with Crippen molar-refractivity contribution in [1.82, 2.24) is 5.32 Å². The Kier molecular flexibility index (Phi) is 5.65. The summed E-state index contributed by atoms with van der Waals surface area (Å²) in [7, 11) is 0. The monoisotopic (exact) mass is 317 g/mol. The van der Waals surface area contributed by atoms with Crippen molar-refractivity contribution in [3.05, 3.63) is 102 Å². The van der Waals surface area contributed by atoms with E-state index in [1.807, 2.05) is 36.4 Å². The molecule has 0 aliphatic rings. The van der Waals surface area contributed by atoms with E-state index in [4.69, 9.17) is 4.74 Å². The molecule has 2 nitrogen and oxygen atoms in total. The Morgan fingerprint density at radius 3 is 1.96 bits per heavy atom. The molecular formula is C22H23NO. The lowest BCUT2D eigenvalue weighted by molar-refractivity contribution is 0.306. The van der Waals surface area contributed by atoms with Crippen molar-refractivity contribution in [3.63, 3.8) is 0 Å². The number of nitrogens with one attached hydrogen (secondary N) is 1. The van der Waals surface area contributed by atoms with Crippen LogP contribution in [0.4, 0.5) is 0 Å². The topological polar surface area (TPSA) is 21.3 Å². The third-order valence-electron chi connectivity index (χ3n) is 4.08. The molecule has 3 aromatic carbocycles. The van der Waals surface area contributed by atoms with Gasteiger partial charge in [-0.1, -0.05) is 72.8 Å². The molecule has 0 radical (unpaired) electrons. The predicted molar refractivity (Wildman–Crippen MR) is 98.9 cm³/mol. The first-order valence-corrected chi connectivity index (χ1v) is 8.35. The third kappa shape index (κ3) is 4.71. The molecule has 0 saturated heterocycles. The van der Waals surface area contributed by atoms with Crippen LogP contribution >= 0.6 is 0 Å². The van der Waals surface area contributed by atoms with Crippen LogP contribution in [0.3, 0.4) is 0 Å². The number of hydrogen-bond donors (Lipinski definition) is 1. The standard InChI is InChI=1S/C22H23NO/c1-18(23-16-19-8-4-2-5-9-19)21-12-14-22(15-13-21)24-17-20-10-6-3-7-11-20/h2-15,18,23H,16-17H2,1H3. The summed E-state index contributed by atoms with van der Waals surface area (Å²) in [5.41, 5.74) is 3.74. The van der Waals surface area contributed by atoms with Crippen LogP contribution in [0.1, 0.15) is 29.7 Å². The molecule has 24 heavy (non-hydrogen) atoms. The molecule has 0 spiro atoms. The first kappa shape index (κ1) is 16.3. The van der Waals surface area contributed by atoms with Gasteiger partial charge >= 0.3 is 0 Å². The quantitative estimate of drug-likeness (QED) is 0.653. The van der Waals surface area contributed by atoms with Crippen LogP contribution in [0.25, 0.3) is 0 Å². The molecule has 1 unspecified atom stereocenters. The van der Waals surface area contributed by atoms with Crippen LogP contribution in [-0.4, -0.2) is 0 Å². The second-order valence-electron chi connectivity index (χ2n) is 5.93. The van der Waals surface area contributed by atoms with Crippen molar-refractivity contribution in [2.45, 2.75) is 26.1 Å². The minimum absolute atomic E-state index is 0.299. The lowest BCUT2D eigenvalue weighted by Crippen LogP contribution is -2.17. The van der Waals surface area contributed by atoms with Gasteiger partial charge in [0.15, 0.2) is 0 Å². The smallest absolute Gasteiger partial charge is 0.119 e. The van der Waals surface area contributed by atoms with Crippen LogP contribution in [0.15, 0.2) is 84.9 Å². The summed E-state index contributed by atoms with van der Waals surface area (Å²) >= 11 is 0. The molecule has 122 valence electrons. The molecule has 3 aromatic rings. The van der Waals surface area contributed by atoms with E-state index in [0.717, 1.165) is 12.3 Å². The van der Waals surface area contributed by atoms with E-state index in [1.165, 1.54) is 16.7 Å². The van der Waals surface area contributed by atoms with Crippen molar-refractivity contribution < 1.29 is 4.74 Å². The molecule has 0 heterocycles. The van der Waals surface area contributed by atoms with Gasteiger partial charge < -0.3 is 10.1 Å². The Morgan fingerprint density at radius 1 is 0.750 bits per heavy atom. The minimum atomic E-state index is 0.299. The van der Waals surface area contributed by atoms with E-state index >= 15 is 0 Å². The van der Waals surface area contributed by atoms with Gasteiger partial charge in [-0.3, -0.25) is 0 Å². The number of ether oxygens (including phenoxy) is 1. The maximum Gasteiger partial charge on any atom is 0.119 e. The summed E-state index contributed by atoms with van der Waals surface area (Å²) in [5, 5.41) is 3.55. The maximum absolute atomic E-state index is 5.84. The molecule has 1 N–H and O–H groups in total. The van der Waals surface area contributed by atoms with Crippen molar-refractivity contribution in [2.24, 2.45) is 0 Å². The third-order valence-corrected chi connectivity index (χ3v) is 4.08. The van der Waals surface area contributed by atoms with Crippen molar-refractivity contribution in [1.29, 1.82) is 0 Å². The lowest BCUT2D eigenvalue weighted by Gasteiger charge is -2.15. The molecular weight excluding hydrogens is 294 g/mol. The first-order chi connectivity index (χ1) is 11.8. The highest BCUT2D eigenvalue weighted by molar-refractivity contribution is 5.29. The van der Waals surface area contributed by atoms with Gasteiger partial charge in [0.1, 0.15) is 12.4 Å². The van der Waals surface area contributed by atoms with E-state index in [1.54, 1.807) is 0 Å². The SMILES string of the molecule is CC(NCc1ccccc1)c1ccc(OCc2ccccc2)cc1. The largest absolute Gasteiger partial charge is 0.489 e. The fourth-order valence-electron chi connectivity index (χ4n) is 2.58. The number of benzene rings is 3. The lowest BCUT2D eigenvalue weighted by atomic mass is 10.1. The average molecular weight is 317 g/mol. The second-order valence-corrected chi connectivity index (χ2v) is 5.93. The van der Waals surface area contributed by atoms with Gasteiger partial charge in [0.05, 0.1) is 0 Å². The Morgan fingerprint density at radius 2 is 1.33 bits per heavy atom. The van der Waals surface area contributed by atoms with E-state index in [0.29, 0.717) is 12.6 Å². The normalized spacial score (nSPS) is 11.9. The van der Waals surface area contributed by atoms with Crippen molar-refractivity contribution in [3.8, 4) is 5.75 Å². The summed E-state index contributed by atoms with van der Waals surface area (Å²) in [6, 6.07) is 29.3. The summed E-state index contributed by atoms with van der Waals surface area (Å²) in [6.45, 7) is 3.65. The molecule has 2 heteroatoms. The zero-order valence-corrected chi connectivity index (χ0v) is 14.0. The molecule has 0 aromatic heterocycles. The molecule has 0 aliphatic heterocycles. The van der Waals surface area contributed by atoms with Crippen LogP contribution in [0.5, 0.6) is 5.75 Å². The highest BCUT2D eigenvalue weighted by atomic mass is 16.5.